The molecule has 90 valence electrons. The average Bonchev–Trinajstić information content (AvgIpc) is 2.29. The SMILES string of the molecule is CNS(=O)(=O)c1ccc(F)c2ncc(I)cc12. The van der Waals surface area contributed by atoms with Gasteiger partial charge in [-0.25, -0.2) is 17.5 Å². The summed E-state index contributed by atoms with van der Waals surface area (Å²) in [4.78, 5) is 3.94. The highest BCUT2D eigenvalue weighted by Gasteiger charge is 2.17. The minimum absolute atomic E-state index is 0.0300. The molecule has 0 bridgehead atoms. The quantitative estimate of drug-likeness (QED) is 0.826. The first-order valence-electron chi connectivity index (χ1n) is 4.63. The van der Waals surface area contributed by atoms with E-state index < -0.39 is 15.8 Å². The molecule has 0 aliphatic heterocycles. The fourth-order valence-corrected chi connectivity index (χ4v) is 2.84. The lowest BCUT2D eigenvalue weighted by atomic mass is 10.2. The molecule has 0 fully saturated rings. The van der Waals surface area contributed by atoms with Crippen LogP contribution in [0, 0.1) is 9.39 Å². The van der Waals surface area contributed by atoms with E-state index in [0.29, 0.717) is 0 Å². The zero-order valence-corrected chi connectivity index (χ0v) is 11.7. The van der Waals surface area contributed by atoms with E-state index >= 15 is 0 Å². The summed E-state index contributed by atoms with van der Waals surface area (Å²) in [6, 6.07) is 3.93. The largest absolute Gasteiger partial charge is 0.252 e. The molecule has 1 aromatic carbocycles. The molecular weight excluding hydrogens is 358 g/mol. The van der Waals surface area contributed by atoms with Gasteiger partial charge in [0.05, 0.1) is 4.90 Å². The second kappa shape index (κ2) is 4.46. The molecule has 0 spiro atoms. The van der Waals surface area contributed by atoms with Crippen LogP contribution in [0.1, 0.15) is 0 Å². The van der Waals surface area contributed by atoms with E-state index in [1.165, 1.54) is 19.3 Å². The summed E-state index contributed by atoms with van der Waals surface area (Å²) in [6.07, 6.45) is 1.49. The number of hydrogen-bond acceptors (Lipinski definition) is 3. The number of nitrogens with zero attached hydrogens (tertiary/aromatic N) is 1. The van der Waals surface area contributed by atoms with Crippen molar-refractivity contribution >= 4 is 43.5 Å². The van der Waals surface area contributed by atoms with Crippen LogP contribution in [0.25, 0.3) is 10.9 Å². The average molecular weight is 366 g/mol. The van der Waals surface area contributed by atoms with Crippen molar-refractivity contribution in [3.8, 4) is 0 Å². The second-order valence-electron chi connectivity index (χ2n) is 3.30. The van der Waals surface area contributed by atoms with E-state index in [0.717, 1.165) is 9.64 Å². The highest BCUT2D eigenvalue weighted by molar-refractivity contribution is 14.1. The van der Waals surface area contributed by atoms with E-state index in [1.807, 2.05) is 22.6 Å². The molecule has 0 aliphatic carbocycles. The van der Waals surface area contributed by atoms with Crippen molar-refractivity contribution < 1.29 is 12.8 Å². The third-order valence-corrected chi connectivity index (χ3v) is 4.35. The summed E-state index contributed by atoms with van der Waals surface area (Å²) in [6.45, 7) is 0. The van der Waals surface area contributed by atoms with Gasteiger partial charge in [-0.2, -0.15) is 0 Å². The molecule has 0 amide bonds. The first kappa shape index (κ1) is 12.7. The number of hydrogen-bond donors (Lipinski definition) is 1. The molecule has 0 saturated heterocycles. The maximum Gasteiger partial charge on any atom is 0.240 e. The van der Waals surface area contributed by atoms with Crippen LogP contribution in [0.5, 0.6) is 0 Å². The van der Waals surface area contributed by atoms with Crippen LogP contribution in [0.4, 0.5) is 4.39 Å². The van der Waals surface area contributed by atoms with Crippen LogP contribution in [0.3, 0.4) is 0 Å². The summed E-state index contributed by atoms with van der Waals surface area (Å²) in [7, 11) is -2.31. The molecule has 4 nitrogen and oxygen atoms in total. The zero-order chi connectivity index (χ0) is 12.6. The van der Waals surface area contributed by atoms with Crippen molar-refractivity contribution in [2.24, 2.45) is 0 Å². The Hall–Kier alpha value is -0.800. The Balaban J connectivity index is 2.91. The monoisotopic (exact) mass is 366 g/mol. The third-order valence-electron chi connectivity index (χ3n) is 2.29. The molecule has 0 saturated carbocycles. The Morgan fingerprint density at radius 3 is 2.76 bits per heavy atom. The lowest BCUT2D eigenvalue weighted by Crippen LogP contribution is -2.19. The van der Waals surface area contributed by atoms with Crippen LogP contribution < -0.4 is 4.72 Å². The normalized spacial score (nSPS) is 11.9. The molecule has 7 heteroatoms. The summed E-state index contributed by atoms with van der Waals surface area (Å²) in [5.41, 5.74) is 0.0572. The Kier molecular flexibility index (Phi) is 3.32. The standard InChI is InChI=1S/C10H8FIN2O2S/c1-13-17(15,16)9-3-2-8(11)10-7(9)4-6(12)5-14-10/h2-5,13H,1H3. The van der Waals surface area contributed by atoms with Crippen LogP contribution >= 0.6 is 22.6 Å². The van der Waals surface area contributed by atoms with Crippen molar-refractivity contribution in [2.75, 3.05) is 7.05 Å². The minimum Gasteiger partial charge on any atom is -0.252 e. The topological polar surface area (TPSA) is 59.1 Å². The summed E-state index contributed by atoms with van der Waals surface area (Å²) in [5.74, 6) is -0.536. The predicted molar refractivity (Wildman–Crippen MR) is 70.7 cm³/mol. The van der Waals surface area contributed by atoms with Gasteiger partial charge < -0.3 is 0 Å². The number of rotatable bonds is 2. The van der Waals surface area contributed by atoms with Gasteiger partial charge >= 0.3 is 0 Å². The molecule has 1 N–H and O–H groups in total. The van der Waals surface area contributed by atoms with Crippen molar-refractivity contribution in [1.82, 2.24) is 9.71 Å². The number of halogens is 2. The van der Waals surface area contributed by atoms with Gasteiger partial charge in [0.15, 0.2) is 0 Å². The lowest BCUT2D eigenvalue weighted by Gasteiger charge is -2.07. The first-order valence-corrected chi connectivity index (χ1v) is 7.19. The Morgan fingerprint density at radius 1 is 1.41 bits per heavy atom. The number of pyridine rings is 1. The summed E-state index contributed by atoms with van der Waals surface area (Å²) < 4.78 is 40.0. The number of sulfonamides is 1. The van der Waals surface area contributed by atoms with E-state index in [9.17, 15) is 12.8 Å². The van der Waals surface area contributed by atoms with Crippen molar-refractivity contribution in [3.05, 3.63) is 33.8 Å². The van der Waals surface area contributed by atoms with Gasteiger partial charge in [0, 0.05) is 15.2 Å². The fourth-order valence-electron chi connectivity index (χ4n) is 1.48. The molecule has 2 aromatic rings. The number of aromatic nitrogens is 1. The van der Waals surface area contributed by atoms with Crippen LogP contribution in [-0.4, -0.2) is 20.4 Å². The molecule has 0 radical (unpaired) electrons. The molecule has 1 heterocycles. The molecule has 0 aliphatic rings. The maximum atomic E-state index is 13.5. The van der Waals surface area contributed by atoms with Gasteiger partial charge in [0.1, 0.15) is 11.3 Å². The lowest BCUT2D eigenvalue weighted by molar-refractivity contribution is 0.588. The molecule has 2 rings (SSSR count). The number of benzene rings is 1. The van der Waals surface area contributed by atoms with Crippen LogP contribution in [0.2, 0.25) is 0 Å². The molecule has 1 aromatic heterocycles. The van der Waals surface area contributed by atoms with Gasteiger partial charge in [0.2, 0.25) is 10.0 Å². The molecule has 0 atom stereocenters. The third kappa shape index (κ3) is 2.26. The van der Waals surface area contributed by atoms with Crippen molar-refractivity contribution in [1.29, 1.82) is 0 Å². The van der Waals surface area contributed by atoms with E-state index in [4.69, 9.17) is 0 Å². The smallest absolute Gasteiger partial charge is 0.240 e. The van der Waals surface area contributed by atoms with Gasteiger partial charge in [-0.05, 0) is 47.8 Å². The first-order chi connectivity index (χ1) is 7.95. The van der Waals surface area contributed by atoms with Crippen LogP contribution in [0.15, 0.2) is 29.3 Å². The van der Waals surface area contributed by atoms with Crippen LogP contribution in [-0.2, 0) is 10.0 Å². The molecular formula is C10H8FIN2O2S. The minimum atomic E-state index is -3.62. The molecule has 0 unspecified atom stereocenters. The highest BCUT2D eigenvalue weighted by atomic mass is 127. The van der Waals surface area contributed by atoms with Gasteiger partial charge in [0.25, 0.3) is 0 Å². The number of fused-ring (bicyclic) bond motifs is 1. The number of nitrogens with one attached hydrogen (secondary N) is 1. The van der Waals surface area contributed by atoms with Gasteiger partial charge in [-0.1, -0.05) is 0 Å². The fraction of sp³-hybridized carbons (Fsp3) is 0.100. The molecule has 17 heavy (non-hydrogen) atoms. The summed E-state index contributed by atoms with van der Waals surface area (Å²) in [5, 5.41) is 0.284. The Labute approximate surface area is 111 Å². The maximum absolute atomic E-state index is 13.5. The van der Waals surface area contributed by atoms with E-state index in [1.54, 1.807) is 6.07 Å². The van der Waals surface area contributed by atoms with E-state index in [-0.39, 0.29) is 15.8 Å². The predicted octanol–water partition coefficient (Wildman–Crippen LogP) is 1.89. The van der Waals surface area contributed by atoms with E-state index in [2.05, 4.69) is 9.71 Å². The second-order valence-corrected chi connectivity index (χ2v) is 6.40. The Bertz CT molecular complexity index is 688. The zero-order valence-electron chi connectivity index (χ0n) is 8.74. The van der Waals surface area contributed by atoms with Gasteiger partial charge in [-0.3, -0.25) is 4.98 Å². The highest BCUT2D eigenvalue weighted by Crippen LogP contribution is 2.25. The van der Waals surface area contributed by atoms with Crippen molar-refractivity contribution in [2.45, 2.75) is 4.90 Å². The van der Waals surface area contributed by atoms with Crippen molar-refractivity contribution in [3.63, 3.8) is 0 Å². The summed E-state index contributed by atoms with van der Waals surface area (Å²) >= 11 is 2.00. The Morgan fingerprint density at radius 2 is 2.12 bits per heavy atom. The van der Waals surface area contributed by atoms with Gasteiger partial charge in [-0.15, -0.1) is 0 Å².